The fourth-order valence-corrected chi connectivity index (χ4v) is 4.20. The smallest absolute Gasteiger partial charge is 0.343 e. The Morgan fingerprint density at radius 3 is 2.24 bits per heavy atom. The molecular weight excluding hydrogens is 405 g/mol. The third-order valence-electron chi connectivity index (χ3n) is 4.24. The normalized spacial score (nSPS) is 15.0. The van der Waals surface area contributed by atoms with Crippen LogP contribution in [0.2, 0.25) is 0 Å². The number of carbonyl (C=O) groups is 2. The average molecular weight is 423 g/mol. The molecule has 2 aromatic carbocycles. The maximum absolute atomic E-state index is 14.2. The minimum absolute atomic E-state index is 0.100. The molecule has 0 saturated carbocycles. The maximum Gasteiger partial charge on any atom is 0.343 e. The van der Waals surface area contributed by atoms with Gasteiger partial charge in [-0.05, 0) is 42.5 Å². The number of benzene rings is 2. The zero-order valence-electron chi connectivity index (χ0n) is 15.5. The summed E-state index contributed by atoms with van der Waals surface area (Å²) in [6, 6.07) is 8.59. The Labute approximate surface area is 166 Å². The van der Waals surface area contributed by atoms with Gasteiger partial charge in [-0.3, -0.25) is 0 Å². The van der Waals surface area contributed by atoms with Gasteiger partial charge in [-0.25, -0.2) is 22.4 Å². The zero-order chi connectivity index (χ0) is 21.0. The van der Waals surface area contributed by atoms with Crippen molar-refractivity contribution < 1.29 is 36.6 Å². The van der Waals surface area contributed by atoms with Gasteiger partial charge in [0.15, 0.2) is 0 Å². The summed E-state index contributed by atoms with van der Waals surface area (Å²) in [5.74, 6) is -2.24. The number of ether oxygens (including phenoxy) is 3. The average Bonchev–Trinajstić information content (AvgIpc) is 2.74. The lowest BCUT2D eigenvalue weighted by Crippen LogP contribution is -2.41. The highest BCUT2D eigenvalue weighted by molar-refractivity contribution is 7.89. The van der Waals surface area contributed by atoms with Crippen LogP contribution in [0.5, 0.6) is 5.75 Å². The van der Waals surface area contributed by atoms with Gasteiger partial charge < -0.3 is 14.2 Å². The molecule has 10 heteroatoms. The van der Waals surface area contributed by atoms with E-state index in [1.165, 1.54) is 31.4 Å². The van der Waals surface area contributed by atoms with Crippen LogP contribution in [0.25, 0.3) is 0 Å². The molecule has 1 heterocycles. The van der Waals surface area contributed by atoms with Crippen LogP contribution >= 0.6 is 0 Å². The Balaban J connectivity index is 1.81. The molecule has 3 rings (SSSR count). The highest BCUT2D eigenvalue weighted by Gasteiger charge is 2.30. The van der Waals surface area contributed by atoms with E-state index in [2.05, 4.69) is 4.74 Å². The molecule has 0 bridgehead atoms. The first-order chi connectivity index (χ1) is 13.8. The van der Waals surface area contributed by atoms with Crippen molar-refractivity contribution in [3.05, 3.63) is 59.4 Å². The van der Waals surface area contributed by atoms with Crippen molar-refractivity contribution in [3.63, 3.8) is 0 Å². The molecule has 0 radical (unpaired) electrons. The predicted molar refractivity (Wildman–Crippen MR) is 98.7 cm³/mol. The fourth-order valence-electron chi connectivity index (χ4n) is 2.70. The van der Waals surface area contributed by atoms with Crippen LogP contribution in [-0.2, 0) is 19.5 Å². The van der Waals surface area contributed by atoms with Crippen LogP contribution < -0.4 is 4.74 Å². The molecule has 1 saturated heterocycles. The number of methoxy groups -OCH3 is 1. The van der Waals surface area contributed by atoms with E-state index in [9.17, 15) is 22.4 Å². The Kier molecular flexibility index (Phi) is 6.26. The van der Waals surface area contributed by atoms with Gasteiger partial charge in [0.05, 0.1) is 31.5 Å². The molecule has 1 aliphatic rings. The largest absolute Gasteiger partial charge is 0.465 e. The zero-order valence-corrected chi connectivity index (χ0v) is 16.3. The van der Waals surface area contributed by atoms with E-state index >= 15 is 0 Å². The summed E-state index contributed by atoms with van der Waals surface area (Å²) in [6.45, 7) is 0.625. The van der Waals surface area contributed by atoms with Crippen molar-refractivity contribution in [3.8, 4) is 5.75 Å². The van der Waals surface area contributed by atoms with E-state index in [1.54, 1.807) is 0 Å². The number of hydrogen-bond acceptors (Lipinski definition) is 7. The van der Waals surface area contributed by atoms with Crippen molar-refractivity contribution in [1.82, 2.24) is 4.31 Å². The lowest BCUT2D eigenvalue weighted by atomic mass is 10.2. The molecule has 0 aliphatic carbocycles. The first-order valence-electron chi connectivity index (χ1n) is 8.61. The van der Waals surface area contributed by atoms with Crippen LogP contribution in [0.4, 0.5) is 4.39 Å². The topological polar surface area (TPSA) is 99.2 Å². The summed E-state index contributed by atoms with van der Waals surface area (Å²) in [5.41, 5.74) is 0.142. The van der Waals surface area contributed by atoms with Gasteiger partial charge >= 0.3 is 11.9 Å². The summed E-state index contributed by atoms with van der Waals surface area (Å²) in [5, 5.41) is 0. The number of halogens is 1. The Morgan fingerprint density at radius 2 is 1.62 bits per heavy atom. The van der Waals surface area contributed by atoms with Crippen molar-refractivity contribution in [2.24, 2.45) is 0 Å². The van der Waals surface area contributed by atoms with E-state index in [-0.39, 0.29) is 43.2 Å². The molecule has 0 spiro atoms. The van der Waals surface area contributed by atoms with Crippen molar-refractivity contribution >= 4 is 22.0 Å². The Bertz CT molecular complexity index is 1020. The SMILES string of the molecule is COC(=O)c1ccc(OC(=O)c2ccc(F)c(S(=O)(=O)N3CCOCC3)c2)cc1. The second-order valence-corrected chi connectivity index (χ2v) is 7.97. The monoisotopic (exact) mass is 423 g/mol. The quantitative estimate of drug-likeness (QED) is 0.535. The molecule has 0 N–H and O–H groups in total. The van der Waals surface area contributed by atoms with Gasteiger partial charge in [0, 0.05) is 13.1 Å². The summed E-state index contributed by atoms with van der Waals surface area (Å²) in [6.07, 6.45) is 0. The van der Waals surface area contributed by atoms with E-state index in [0.717, 1.165) is 22.5 Å². The van der Waals surface area contributed by atoms with Crippen LogP contribution in [0.3, 0.4) is 0 Å². The molecule has 0 aromatic heterocycles. The van der Waals surface area contributed by atoms with Crippen LogP contribution in [0, 0.1) is 5.82 Å². The Morgan fingerprint density at radius 1 is 1.00 bits per heavy atom. The van der Waals surface area contributed by atoms with Gasteiger partial charge in [-0.2, -0.15) is 4.31 Å². The summed E-state index contributed by atoms with van der Waals surface area (Å²) in [7, 11) is -2.88. The lowest BCUT2D eigenvalue weighted by molar-refractivity contribution is 0.0600. The minimum Gasteiger partial charge on any atom is -0.465 e. The highest BCUT2D eigenvalue weighted by Crippen LogP contribution is 2.23. The third-order valence-corrected chi connectivity index (χ3v) is 6.15. The van der Waals surface area contributed by atoms with Crippen LogP contribution in [-0.4, -0.2) is 58.1 Å². The second kappa shape index (κ2) is 8.68. The molecule has 1 fully saturated rings. The molecule has 0 atom stereocenters. The van der Waals surface area contributed by atoms with Gasteiger partial charge in [0.1, 0.15) is 16.5 Å². The number of nitrogens with zero attached hydrogens (tertiary/aromatic N) is 1. The van der Waals surface area contributed by atoms with Crippen molar-refractivity contribution in [2.75, 3.05) is 33.4 Å². The highest BCUT2D eigenvalue weighted by atomic mass is 32.2. The van der Waals surface area contributed by atoms with Crippen LogP contribution in [0.1, 0.15) is 20.7 Å². The van der Waals surface area contributed by atoms with E-state index in [1.807, 2.05) is 0 Å². The van der Waals surface area contributed by atoms with Crippen LogP contribution in [0.15, 0.2) is 47.4 Å². The lowest BCUT2D eigenvalue weighted by Gasteiger charge is -2.26. The Hall–Kier alpha value is -2.82. The maximum atomic E-state index is 14.2. The number of esters is 2. The molecule has 0 unspecified atom stereocenters. The standard InChI is InChI=1S/C19H18FNO7S/c1-26-18(22)13-2-5-15(6-3-13)28-19(23)14-4-7-16(20)17(12-14)29(24,25)21-8-10-27-11-9-21/h2-7,12H,8-11H2,1H3. The summed E-state index contributed by atoms with van der Waals surface area (Å²) < 4.78 is 55.6. The van der Waals surface area contributed by atoms with Gasteiger partial charge in [-0.1, -0.05) is 0 Å². The molecule has 0 amide bonds. The predicted octanol–water partition coefficient (Wildman–Crippen LogP) is 1.85. The molecule has 2 aromatic rings. The van der Waals surface area contributed by atoms with Crippen molar-refractivity contribution in [1.29, 1.82) is 0 Å². The molecule has 29 heavy (non-hydrogen) atoms. The number of hydrogen-bond donors (Lipinski definition) is 0. The second-order valence-electron chi connectivity index (χ2n) is 6.07. The number of morpholine rings is 1. The molecule has 8 nitrogen and oxygen atoms in total. The number of rotatable bonds is 5. The first-order valence-corrected chi connectivity index (χ1v) is 10.0. The number of sulfonamides is 1. The molecule has 154 valence electrons. The van der Waals surface area contributed by atoms with E-state index in [0.29, 0.717) is 0 Å². The summed E-state index contributed by atoms with van der Waals surface area (Å²) >= 11 is 0. The summed E-state index contributed by atoms with van der Waals surface area (Å²) in [4.78, 5) is 23.2. The first kappa shape index (κ1) is 20.9. The third kappa shape index (κ3) is 4.61. The van der Waals surface area contributed by atoms with Gasteiger partial charge in [-0.15, -0.1) is 0 Å². The fraction of sp³-hybridized carbons (Fsp3) is 0.263. The van der Waals surface area contributed by atoms with Gasteiger partial charge in [0.2, 0.25) is 10.0 Å². The van der Waals surface area contributed by atoms with E-state index < -0.39 is 32.7 Å². The minimum atomic E-state index is -4.12. The van der Waals surface area contributed by atoms with Crippen molar-refractivity contribution in [2.45, 2.75) is 4.90 Å². The molecular formula is C19H18FNO7S. The van der Waals surface area contributed by atoms with E-state index in [4.69, 9.17) is 9.47 Å². The molecule has 1 aliphatic heterocycles. The van der Waals surface area contributed by atoms with Gasteiger partial charge in [0.25, 0.3) is 0 Å². The number of carbonyl (C=O) groups excluding carboxylic acids is 2.